The van der Waals surface area contributed by atoms with Crippen molar-refractivity contribution in [2.24, 2.45) is 5.92 Å². The van der Waals surface area contributed by atoms with Crippen molar-refractivity contribution in [3.8, 4) is 5.75 Å². The number of amides is 2. The van der Waals surface area contributed by atoms with Crippen LogP contribution in [0.15, 0.2) is 54.6 Å². The second-order valence-corrected chi connectivity index (χ2v) is 5.19. The van der Waals surface area contributed by atoms with Gasteiger partial charge in [0, 0.05) is 5.92 Å². The van der Waals surface area contributed by atoms with E-state index in [1.165, 1.54) is 12.1 Å². The maximum Gasteiger partial charge on any atom is 0.261 e. The topological polar surface area (TPSA) is 66.4 Å². The molecule has 1 aliphatic rings. The predicted octanol–water partition coefficient (Wildman–Crippen LogP) is 2.45. The van der Waals surface area contributed by atoms with Gasteiger partial charge in [0.25, 0.3) is 5.91 Å². The monoisotopic (exact) mass is 281 g/mol. The molecule has 0 spiro atoms. The number of phenolic OH excluding ortho intramolecular Hbond substituents is 1. The summed E-state index contributed by atoms with van der Waals surface area (Å²) in [6, 6.07) is 16.0. The molecule has 2 aromatic rings. The Morgan fingerprint density at radius 1 is 1.00 bits per heavy atom. The maximum atomic E-state index is 12.1. The quantitative estimate of drug-likeness (QED) is 0.849. The third-order valence-electron chi connectivity index (χ3n) is 3.74. The Morgan fingerprint density at radius 2 is 1.67 bits per heavy atom. The Kier molecular flexibility index (Phi) is 3.44. The Labute approximate surface area is 122 Å². The second kappa shape index (κ2) is 5.40. The molecule has 1 unspecified atom stereocenters. The highest BCUT2D eigenvalue weighted by molar-refractivity contribution is 6.07. The molecule has 2 N–H and O–H groups in total. The van der Waals surface area contributed by atoms with Gasteiger partial charge < -0.3 is 5.11 Å². The van der Waals surface area contributed by atoms with Crippen LogP contribution in [0.3, 0.4) is 0 Å². The molecule has 1 aliphatic carbocycles. The zero-order chi connectivity index (χ0) is 14.8. The molecule has 3 rings (SSSR count). The number of aromatic hydroxyl groups is 1. The highest BCUT2D eigenvalue weighted by Crippen LogP contribution is 2.47. The first-order valence-corrected chi connectivity index (χ1v) is 6.85. The number of hydrogen-bond donors (Lipinski definition) is 2. The van der Waals surface area contributed by atoms with Crippen LogP contribution >= 0.6 is 0 Å². The average molecular weight is 281 g/mol. The number of nitrogens with one attached hydrogen (secondary N) is 1. The van der Waals surface area contributed by atoms with E-state index >= 15 is 0 Å². The molecule has 0 aromatic heterocycles. The van der Waals surface area contributed by atoms with Crippen molar-refractivity contribution < 1.29 is 14.7 Å². The Balaban J connectivity index is 1.64. The molecule has 0 radical (unpaired) electrons. The van der Waals surface area contributed by atoms with Crippen LogP contribution in [0.4, 0.5) is 0 Å². The van der Waals surface area contributed by atoms with Gasteiger partial charge in [0.05, 0.1) is 5.56 Å². The van der Waals surface area contributed by atoms with E-state index in [-0.39, 0.29) is 29.1 Å². The molecule has 0 saturated heterocycles. The van der Waals surface area contributed by atoms with E-state index in [0.717, 1.165) is 12.0 Å². The first-order chi connectivity index (χ1) is 10.2. The zero-order valence-corrected chi connectivity index (χ0v) is 11.3. The van der Waals surface area contributed by atoms with Gasteiger partial charge in [-0.2, -0.15) is 0 Å². The molecular weight excluding hydrogens is 266 g/mol. The summed E-state index contributed by atoms with van der Waals surface area (Å²) in [5, 5.41) is 12.0. The van der Waals surface area contributed by atoms with Crippen molar-refractivity contribution in [3.05, 3.63) is 65.7 Å². The van der Waals surface area contributed by atoms with Gasteiger partial charge in [0.2, 0.25) is 5.91 Å². The molecule has 0 heterocycles. The number of carbonyl (C=O) groups is 2. The lowest BCUT2D eigenvalue weighted by molar-refractivity contribution is -0.121. The minimum absolute atomic E-state index is 0.114. The summed E-state index contributed by atoms with van der Waals surface area (Å²) in [6.45, 7) is 0. The third kappa shape index (κ3) is 2.79. The lowest BCUT2D eigenvalue weighted by atomic mass is 10.1. The molecule has 4 heteroatoms. The fraction of sp³-hybridized carbons (Fsp3) is 0.176. The van der Waals surface area contributed by atoms with Crippen molar-refractivity contribution in [3.63, 3.8) is 0 Å². The number of imide groups is 1. The van der Waals surface area contributed by atoms with Gasteiger partial charge in [0.15, 0.2) is 0 Å². The molecule has 2 atom stereocenters. The molecule has 2 aromatic carbocycles. The third-order valence-corrected chi connectivity index (χ3v) is 3.74. The number of para-hydroxylation sites is 1. The summed E-state index contributed by atoms with van der Waals surface area (Å²) in [4.78, 5) is 24.0. The molecule has 2 amide bonds. The van der Waals surface area contributed by atoms with Crippen molar-refractivity contribution in [1.82, 2.24) is 5.32 Å². The van der Waals surface area contributed by atoms with E-state index in [2.05, 4.69) is 5.32 Å². The molecule has 1 saturated carbocycles. The summed E-state index contributed by atoms with van der Waals surface area (Å²) in [5.74, 6) is -0.947. The van der Waals surface area contributed by atoms with E-state index in [0.29, 0.717) is 0 Å². The number of rotatable bonds is 3. The highest BCUT2D eigenvalue weighted by atomic mass is 16.3. The Morgan fingerprint density at radius 3 is 2.38 bits per heavy atom. The minimum atomic E-state index is -0.559. The SMILES string of the molecule is O=C(NC(=O)C1C[C@@H]1c1ccccc1)c1ccccc1O. The van der Waals surface area contributed by atoms with E-state index in [1.807, 2.05) is 30.3 Å². The fourth-order valence-electron chi connectivity index (χ4n) is 2.49. The van der Waals surface area contributed by atoms with Crippen LogP contribution in [0.2, 0.25) is 0 Å². The van der Waals surface area contributed by atoms with E-state index in [1.54, 1.807) is 12.1 Å². The molecule has 0 bridgehead atoms. The zero-order valence-electron chi connectivity index (χ0n) is 11.3. The van der Waals surface area contributed by atoms with Crippen LogP contribution in [0.5, 0.6) is 5.75 Å². The summed E-state index contributed by atoms with van der Waals surface area (Å²) < 4.78 is 0. The van der Waals surface area contributed by atoms with Gasteiger partial charge >= 0.3 is 0 Å². The average Bonchev–Trinajstić information content (AvgIpc) is 3.29. The Hall–Kier alpha value is -2.62. The normalized spacial score (nSPS) is 19.8. The Bertz CT molecular complexity index is 681. The first kappa shape index (κ1) is 13.4. The standard InChI is InChI=1S/C17H15NO3/c19-15-9-5-4-8-12(15)16(20)18-17(21)14-10-13(14)11-6-2-1-3-7-11/h1-9,13-14,19H,10H2,(H,18,20,21)/t13-,14?/m1/s1. The number of hydrogen-bond acceptors (Lipinski definition) is 3. The smallest absolute Gasteiger partial charge is 0.261 e. The van der Waals surface area contributed by atoms with Crippen molar-refractivity contribution in [1.29, 1.82) is 0 Å². The van der Waals surface area contributed by atoms with Gasteiger partial charge in [-0.15, -0.1) is 0 Å². The molecular formula is C17H15NO3. The summed E-state index contributed by atoms with van der Waals surface area (Å²) in [5.41, 5.74) is 1.23. The van der Waals surface area contributed by atoms with Crippen molar-refractivity contribution in [2.75, 3.05) is 0 Å². The van der Waals surface area contributed by atoms with E-state index < -0.39 is 5.91 Å². The minimum Gasteiger partial charge on any atom is -0.507 e. The van der Waals surface area contributed by atoms with Gasteiger partial charge in [-0.3, -0.25) is 14.9 Å². The molecule has 4 nitrogen and oxygen atoms in total. The van der Waals surface area contributed by atoms with Gasteiger partial charge in [-0.05, 0) is 30.0 Å². The number of carbonyl (C=O) groups excluding carboxylic acids is 2. The number of benzene rings is 2. The molecule has 0 aliphatic heterocycles. The largest absolute Gasteiger partial charge is 0.507 e. The van der Waals surface area contributed by atoms with Crippen LogP contribution in [0.1, 0.15) is 28.3 Å². The lowest BCUT2D eigenvalue weighted by Gasteiger charge is -2.05. The summed E-state index contributed by atoms with van der Waals surface area (Å²) in [7, 11) is 0. The molecule has 1 fully saturated rings. The van der Waals surface area contributed by atoms with Crippen LogP contribution in [-0.2, 0) is 4.79 Å². The van der Waals surface area contributed by atoms with Gasteiger partial charge in [-0.1, -0.05) is 42.5 Å². The van der Waals surface area contributed by atoms with Crippen LogP contribution in [-0.4, -0.2) is 16.9 Å². The fourth-order valence-corrected chi connectivity index (χ4v) is 2.49. The van der Waals surface area contributed by atoms with Crippen LogP contribution < -0.4 is 5.32 Å². The van der Waals surface area contributed by atoms with E-state index in [9.17, 15) is 14.7 Å². The predicted molar refractivity (Wildman–Crippen MR) is 77.9 cm³/mol. The molecule has 21 heavy (non-hydrogen) atoms. The first-order valence-electron chi connectivity index (χ1n) is 6.85. The number of phenols is 1. The van der Waals surface area contributed by atoms with Crippen molar-refractivity contribution in [2.45, 2.75) is 12.3 Å². The molecule has 106 valence electrons. The van der Waals surface area contributed by atoms with Crippen LogP contribution in [0, 0.1) is 5.92 Å². The lowest BCUT2D eigenvalue weighted by Crippen LogP contribution is -2.32. The van der Waals surface area contributed by atoms with Gasteiger partial charge in [0.1, 0.15) is 5.75 Å². The van der Waals surface area contributed by atoms with Crippen molar-refractivity contribution >= 4 is 11.8 Å². The second-order valence-electron chi connectivity index (χ2n) is 5.19. The summed E-state index contributed by atoms with van der Waals surface area (Å²) in [6.07, 6.45) is 0.754. The maximum absolute atomic E-state index is 12.1. The van der Waals surface area contributed by atoms with E-state index in [4.69, 9.17) is 0 Å². The van der Waals surface area contributed by atoms with Gasteiger partial charge in [-0.25, -0.2) is 0 Å². The van der Waals surface area contributed by atoms with Crippen LogP contribution in [0.25, 0.3) is 0 Å². The highest BCUT2D eigenvalue weighted by Gasteiger charge is 2.44. The summed E-state index contributed by atoms with van der Waals surface area (Å²) >= 11 is 0.